The van der Waals surface area contributed by atoms with Gasteiger partial charge < -0.3 is 5.73 Å². The van der Waals surface area contributed by atoms with E-state index in [1.807, 2.05) is 12.4 Å². The van der Waals surface area contributed by atoms with Gasteiger partial charge in [-0.15, -0.1) is 0 Å². The summed E-state index contributed by atoms with van der Waals surface area (Å²) in [5.74, 6) is 0. The van der Waals surface area contributed by atoms with Crippen LogP contribution in [0, 0.1) is 6.92 Å². The Hall–Kier alpha value is -0.890. The predicted molar refractivity (Wildman–Crippen MR) is 46.2 cm³/mol. The zero-order chi connectivity index (χ0) is 8.27. The third-order valence-corrected chi connectivity index (χ3v) is 1.94. The van der Waals surface area contributed by atoms with E-state index in [4.69, 9.17) is 5.73 Å². The number of rotatable bonds is 2. The zero-order valence-corrected chi connectivity index (χ0v) is 7.09. The summed E-state index contributed by atoms with van der Waals surface area (Å²) in [6.45, 7) is 4.81. The van der Waals surface area contributed by atoms with Gasteiger partial charge in [0.25, 0.3) is 0 Å². The van der Waals surface area contributed by atoms with Crippen molar-refractivity contribution in [2.45, 2.75) is 26.8 Å². The molecule has 2 heteroatoms. The molecule has 1 heterocycles. The molecule has 0 aliphatic heterocycles. The van der Waals surface area contributed by atoms with E-state index >= 15 is 0 Å². The van der Waals surface area contributed by atoms with Gasteiger partial charge in [0.1, 0.15) is 0 Å². The lowest BCUT2D eigenvalue weighted by Crippen LogP contribution is -2.03. The Morgan fingerprint density at radius 3 is 2.64 bits per heavy atom. The molecule has 0 spiro atoms. The molecule has 0 saturated heterocycles. The van der Waals surface area contributed by atoms with Crippen molar-refractivity contribution in [2.24, 2.45) is 5.73 Å². The summed E-state index contributed by atoms with van der Waals surface area (Å²) in [7, 11) is 0. The number of hydrogen-bond acceptors (Lipinski definition) is 2. The van der Waals surface area contributed by atoms with Crippen LogP contribution in [-0.4, -0.2) is 4.98 Å². The summed E-state index contributed by atoms with van der Waals surface area (Å²) in [4.78, 5) is 4.08. The largest absolute Gasteiger partial charge is 0.326 e. The molecule has 0 unspecified atom stereocenters. The molecule has 0 saturated carbocycles. The first-order valence-corrected chi connectivity index (χ1v) is 3.92. The lowest BCUT2D eigenvalue weighted by molar-refractivity contribution is 0.965. The molecular formula is C9H14N2. The van der Waals surface area contributed by atoms with E-state index in [1.54, 1.807) is 0 Å². The maximum Gasteiger partial charge on any atom is 0.0315 e. The average Bonchev–Trinajstić information content (AvgIpc) is 2.04. The standard InChI is InChI=1S/C9H14N2/c1-3-9-7(2)5-11-6-8(9)4-10/h5-6H,3-4,10H2,1-2H3. The highest BCUT2D eigenvalue weighted by Gasteiger charge is 2.00. The molecule has 0 aliphatic rings. The third-order valence-electron chi connectivity index (χ3n) is 1.94. The van der Waals surface area contributed by atoms with Crippen LogP contribution in [0.3, 0.4) is 0 Å². The first-order valence-electron chi connectivity index (χ1n) is 3.92. The summed E-state index contributed by atoms with van der Waals surface area (Å²) < 4.78 is 0. The quantitative estimate of drug-likeness (QED) is 0.692. The molecule has 0 atom stereocenters. The molecule has 60 valence electrons. The molecule has 11 heavy (non-hydrogen) atoms. The lowest BCUT2D eigenvalue weighted by atomic mass is 10.0. The van der Waals surface area contributed by atoms with Gasteiger partial charge in [0.05, 0.1) is 0 Å². The average molecular weight is 150 g/mol. The van der Waals surface area contributed by atoms with E-state index in [9.17, 15) is 0 Å². The Kier molecular flexibility index (Phi) is 2.60. The highest BCUT2D eigenvalue weighted by atomic mass is 14.6. The van der Waals surface area contributed by atoms with Crippen molar-refractivity contribution in [3.63, 3.8) is 0 Å². The summed E-state index contributed by atoms with van der Waals surface area (Å²) in [5.41, 5.74) is 9.32. The Morgan fingerprint density at radius 2 is 2.18 bits per heavy atom. The third kappa shape index (κ3) is 1.57. The number of hydrogen-bond donors (Lipinski definition) is 1. The second-order valence-electron chi connectivity index (χ2n) is 2.65. The van der Waals surface area contributed by atoms with Gasteiger partial charge in [-0.1, -0.05) is 6.92 Å². The Balaban J connectivity index is 3.13. The van der Waals surface area contributed by atoms with Gasteiger partial charge in [-0.2, -0.15) is 0 Å². The fourth-order valence-corrected chi connectivity index (χ4v) is 1.33. The van der Waals surface area contributed by atoms with E-state index in [0.29, 0.717) is 6.54 Å². The number of aryl methyl sites for hydroxylation is 1. The Bertz CT molecular complexity index is 243. The van der Waals surface area contributed by atoms with Gasteiger partial charge in [0.15, 0.2) is 0 Å². The topological polar surface area (TPSA) is 38.9 Å². The number of nitrogens with two attached hydrogens (primary N) is 1. The predicted octanol–water partition coefficient (Wildman–Crippen LogP) is 1.41. The normalized spacial score (nSPS) is 10.1. The molecule has 1 rings (SSSR count). The maximum atomic E-state index is 5.56. The molecule has 0 aromatic carbocycles. The fraction of sp³-hybridized carbons (Fsp3) is 0.444. The van der Waals surface area contributed by atoms with Crippen LogP contribution in [-0.2, 0) is 13.0 Å². The number of nitrogens with zero attached hydrogens (tertiary/aromatic N) is 1. The van der Waals surface area contributed by atoms with Crippen LogP contribution in [0.4, 0.5) is 0 Å². The first kappa shape index (κ1) is 8.21. The highest BCUT2D eigenvalue weighted by molar-refractivity contribution is 5.30. The molecule has 0 amide bonds. The smallest absolute Gasteiger partial charge is 0.0315 e. The van der Waals surface area contributed by atoms with Crippen LogP contribution in [0.5, 0.6) is 0 Å². The molecule has 0 aliphatic carbocycles. The molecule has 0 fully saturated rings. The summed E-state index contributed by atoms with van der Waals surface area (Å²) >= 11 is 0. The van der Waals surface area contributed by atoms with E-state index in [1.165, 1.54) is 16.7 Å². The molecule has 0 radical (unpaired) electrons. The number of aromatic nitrogens is 1. The minimum atomic E-state index is 0.595. The van der Waals surface area contributed by atoms with Gasteiger partial charge in [-0.3, -0.25) is 4.98 Å². The van der Waals surface area contributed by atoms with E-state index in [0.717, 1.165) is 6.42 Å². The van der Waals surface area contributed by atoms with Crippen molar-refractivity contribution in [1.82, 2.24) is 4.98 Å². The van der Waals surface area contributed by atoms with Gasteiger partial charge in [-0.25, -0.2) is 0 Å². The lowest BCUT2D eigenvalue weighted by Gasteiger charge is -2.06. The highest BCUT2D eigenvalue weighted by Crippen LogP contribution is 2.11. The summed E-state index contributed by atoms with van der Waals surface area (Å²) in [6.07, 6.45) is 4.78. The SMILES string of the molecule is CCc1c(C)cncc1CN. The van der Waals surface area contributed by atoms with Crippen LogP contribution < -0.4 is 5.73 Å². The van der Waals surface area contributed by atoms with E-state index in [2.05, 4.69) is 18.8 Å². The monoisotopic (exact) mass is 150 g/mol. The van der Waals surface area contributed by atoms with Crippen molar-refractivity contribution >= 4 is 0 Å². The minimum absolute atomic E-state index is 0.595. The molecule has 2 N–H and O–H groups in total. The molecule has 2 nitrogen and oxygen atoms in total. The van der Waals surface area contributed by atoms with Crippen molar-refractivity contribution in [3.8, 4) is 0 Å². The van der Waals surface area contributed by atoms with Crippen LogP contribution >= 0.6 is 0 Å². The molecular weight excluding hydrogens is 136 g/mol. The Morgan fingerprint density at radius 1 is 1.45 bits per heavy atom. The van der Waals surface area contributed by atoms with Crippen LogP contribution in [0.2, 0.25) is 0 Å². The molecule has 1 aromatic rings. The van der Waals surface area contributed by atoms with Gasteiger partial charge in [0.2, 0.25) is 0 Å². The number of pyridine rings is 1. The van der Waals surface area contributed by atoms with E-state index < -0.39 is 0 Å². The van der Waals surface area contributed by atoms with Crippen molar-refractivity contribution in [2.75, 3.05) is 0 Å². The molecule has 0 bridgehead atoms. The Labute approximate surface area is 67.5 Å². The van der Waals surface area contributed by atoms with Gasteiger partial charge in [-0.05, 0) is 30.0 Å². The van der Waals surface area contributed by atoms with Crippen LogP contribution in [0.1, 0.15) is 23.6 Å². The van der Waals surface area contributed by atoms with Gasteiger partial charge in [0, 0.05) is 18.9 Å². The van der Waals surface area contributed by atoms with E-state index in [-0.39, 0.29) is 0 Å². The van der Waals surface area contributed by atoms with Crippen LogP contribution in [0.25, 0.3) is 0 Å². The van der Waals surface area contributed by atoms with Crippen molar-refractivity contribution in [3.05, 3.63) is 29.1 Å². The summed E-state index contributed by atoms with van der Waals surface area (Å²) in [6, 6.07) is 0. The minimum Gasteiger partial charge on any atom is -0.326 e. The summed E-state index contributed by atoms with van der Waals surface area (Å²) in [5, 5.41) is 0. The molecule has 1 aromatic heterocycles. The van der Waals surface area contributed by atoms with Gasteiger partial charge >= 0.3 is 0 Å². The second-order valence-corrected chi connectivity index (χ2v) is 2.65. The first-order chi connectivity index (χ1) is 5.29. The van der Waals surface area contributed by atoms with Crippen molar-refractivity contribution < 1.29 is 0 Å². The second kappa shape index (κ2) is 3.49. The van der Waals surface area contributed by atoms with Crippen molar-refractivity contribution in [1.29, 1.82) is 0 Å². The fourth-order valence-electron chi connectivity index (χ4n) is 1.33. The zero-order valence-electron chi connectivity index (χ0n) is 7.09. The maximum absolute atomic E-state index is 5.56. The van der Waals surface area contributed by atoms with Crippen LogP contribution in [0.15, 0.2) is 12.4 Å².